The van der Waals surface area contributed by atoms with Crippen LogP contribution in [0, 0.1) is 5.92 Å². The van der Waals surface area contributed by atoms with Crippen LogP contribution >= 0.6 is 24.0 Å². The third-order valence-electron chi connectivity index (χ3n) is 4.36. The highest BCUT2D eigenvalue weighted by Crippen LogP contribution is 2.34. The molecule has 2 N–H and O–H groups in total. The van der Waals surface area contributed by atoms with E-state index in [0.717, 1.165) is 12.5 Å². The Morgan fingerprint density at radius 3 is 2.80 bits per heavy atom. The van der Waals surface area contributed by atoms with E-state index in [1.807, 2.05) is 25.7 Å². The molecular formula is C19H29F3IN5O2. The number of guanidine groups is 1. The fourth-order valence-corrected chi connectivity index (χ4v) is 2.98. The lowest BCUT2D eigenvalue weighted by Crippen LogP contribution is -2.45. The Labute approximate surface area is 191 Å². The summed E-state index contributed by atoms with van der Waals surface area (Å²) in [5, 5.41) is 6.36. The molecule has 7 nitrogen and oxygen atoms in total. The fourth-order valence-electron chi connectivity index (χ4n) is 2.98. The van der Waals surface area contributed by atoms with E-state index in [-0.39, 0.29) is 55.0 Å². The van der Waals surface area contributed by atoms with Crippen molar-refractivity contribution in [2.24, 2.45) is 10.9 Å². The maximum atomic E-state index is 13.0. The van der Waals surface area contributed by atoms with Crippen LogP contribution in [0.15, 0.2) is 23.3 Å². The summed E-state index contributed by atoms with van der Waals surface area (Å²) in [6, 6.07) is 2.22. The zero-order valence-corrected chi connectivity index (χ0v) is 19.7. The number of halogens is 4. The minimum Gasteiger partial charge on any atom is -0.475 e. The first kappa shape index (κ1) is 26.2. The molecule has 0 spiro atoms. The molecule has 1 atom stereocenters. The van der Waals surface area contributed by atoms with E-state index < -0.39 is 17.6 Å². The van der Waals surface area contributed by atoms with Crippen LogP contribution in [-0.2, 0) is 11.0 Å². The van der Waals surface area contributed by atoms with Crippen LogP contribution in [0.3, 0.4) is 0 Å². The standard InChI is InChI=1S/C19H28F3N5O2.HI/c1-4-23-18(26-14-7-10-27(12-14)17(28)13(2)3)25-9-11-29-16-15(19(20,21)22)6-5-8-24-16;/h5-6,8,13-14H,4,7,9-12H2,1-3H3,(H2,23,25,26);1H. The molecule has 2 rings (SSSR count). The second kappa shape index (κ2) is 12.2. The van der Waals surface area contributed by atoms with Gasteiger partial charge in [-0.2, -0.15) is 13.2 Å². The number of rotatable bonds is 7. The molecule has 1 aromatic heterocycles. The van der Waals surface area contributed by atoms with Gasteiger partial charge in [0.2, 0.25) is 11.8 Å². The molecule has 1 aromatic rings. The van der Waals surface area contributed by atoms with Crippen LogP contribution in [0.25, 0.3) is 0 Å². The second-order valence-electron chi connectivity index (χ2n) is 7.03. The van der Waals surface area contributed by atoms with E-state index in [1.165, 1.54) is 12.3 Å². The Balaban J connectivity index is 0.00000450. The average Bonchev–Trinajstić information content (AvgIpc) is 3.12. The number of hydrogen-bond donors (Lipinski definition) is 2. The summed E-state index contributed by atoms with van der Waals surface area (Å²) in [5.74, 6) is 0.172. The molecule has 1 amide bonds. The minimum atomic E-state index is -4.52. The number of nitrogens with one attached hydrogen (secondary N) is 2. The van der Waals surface area contributed by atoms with Crippen LogP contribution < -0.4 is 15.4 Å². The number of likely N-dealkylation sites (tertiary alicyclic amines) is 1. The molecule has 170 valence electrons. The van der Waals surface area contributed by atoms with Crippen molar-refractivity contribution in [3.05, 3.63) is 23.9 Å². The van der Waals surface area contributed by atoms with Crippen molar-refractivity contribution in [3.8, 4) is 5.88 Å². The summed E-state index contributed by atoms with van der Waals surface area (Å²) in [4.78, 5) is 21.9. The van der Waals surface area contributed by atoms with Gasteiger partial charge in [0, 0.05) is 37.8 Å². The number of aliphatic imine (C=N–C) groups is 1. The van der Waals surface area contributed by atoms with E-state index in [0.29, 0.717) is 25.6 Å². The quantitative estimate of drug-likeness (QED) is 0.240. The third-order valence-corrected chi connectivity index (χ3v) is 4.36. The first-order chi connectivity index (χ1) is 13.7. The van der Waals surface area contributed by atoms with Crippen LogP contribution in [0.1, 0.15) is 32.8 Å². The smallest absolute Gasteiger partial charge is 0.421 e. The highest BCUT2D eigenvalue weighted by molar-refractivity contribution is 14.0. The van der Waals surface area contributed by atoms with E-state index in [1.54, 1.807) is 0 Å². The lowest BCUT2D eigenvalue weighted by Gasteiger charge is -2.20. The van der Waals surface area contributed by atoms with Crippen LogP contribution in [-0.4, -0.2) is 60.6 Å². The van der Waals surface area contributed by atoms with Crippen molar-refractivity contribution >= 4 is 35.8 Å². The summed E-state index contributed by atoms with van der Waals surface area (Å²) in [6.45, 7) is 7.70. The zero-order chi connectivity index (χ0) is 21.4. The summed E-state index contributed by atoms with van der Waals surface area (Å²) in [7, 11) is 0. The number of alkyl halides is 3. The number of ether oxygens (including phenoxy) is 1. The van der Waals surface area contributed by atoms with Crippen molar-refractivity contribution in [3.63, 3.8) is 0 Å². The Bertz CT molecular complexity index is 716. The van der Waals surface area contributed by atoms with Gasteiger partial charge in [0.25, 0.3) is 0 Å². The lowest BCUT2D eigenvalue weighted by atomic mass is 10.2. The maximum absolute atomic E-state index is 13.0. The second-order valence-corrected chi connectivity index (χ2v) is 7.03. The van der Waals surface area contributed by atoms with Gasteiger partial charge >= 0.3 is 6.18 Å². The van der Waals surface area contributed by atoms with E-state index in [4.69, 9.17) is 4.74 Å². The first-order valence-corrected chi connectivity index (χ1v) is 9.71. The molecule has 1 fully saturated rings. The molecule has 2 heterocycles. The Kier molecular flexibility index (Phi) is 10.6. The molecule has 1 aliphatic heterocycles. The van der Waals surface area contributed by atoms with Crippen molar-refractivity contribution in [1.29, 1.82) is 0 Å². The molecule has 0 saturated carbocycles. The maximum Gasteiger partial charge on any atom is 0.421 e. The number of carbonyl (C=O) groups excluding carboxylic acids is 1. The monoisotopic (exact) mass is 543 g/mol. The summed E-state index contributed by atoms with van der Waals surface area (Å²) < 4.78 is 44.1. The molecule has 0 radical (unpaired) electrons. The number of aromatic nitrogens is 1. The predicted molar refractivity (Wildman–Crippen MR) is 119 cm³/mol. The Morgan fingerprint density at radius 1 is 1.43 bits per heavy atom. The van der Waals surface area contributed by atoms with Crippen molar-refractivity contribution in [2.45, 2.75) is 39.4 Å². The summed E-state index contributed by atoms with van der Waals surface area (Å²) in [5.41, 5.74) is -0.908. The predicted octanol–water partition coefficient (Wildman–Crippen LogP) is 2.91. The topological polar surface area (TPSA) is 78.9 Å². The van der Waals surface area contributed by atoms with Gasteiger partial charge in [-0.15, -0.1) is 24.0 Å². The molecule has 0 aliphatic carbocycles. The van der Waals surface area contributed by atoms with Gasteiger partial charge in [0.1, 0.15) is 12.2 Å². The largest absolute Gasteiger partial charge is 0.475 e. The number of hydrogen-bond acceptors (Lipinski definition) is 4. The molecule has 30 heavy (non-hydrogen) atoms. The van der Waals surface area contributed by atoms with E-state index in [2.05, 4.69) is 20.6 Å². The van der Waals surface area contributed by atoms with Gasteiger partial charge in [-0.05, 0) is 25.5 Å². The van der Waals surface area contributed by atoms with E-state index >= 15 is 0 Å². The molecule has 0 aromatic carbocycles. The normalized spacial score (nSPS) is 17.0. The Morgan fingerprint density at radius 2 is 2.17 bits per heavy atom. The van der Waals surface area contributed by atoms with Gasteiger partial charge in [0.15, 0.2) is 5.96 Å². The van der Waals surface area contributed by atoms with Crippen molar-refractivity contribution in [2.75, 3.05) is 32.8 Å². The first-order valence-electron chi connectivity index (χ1n) is 9.71. The van der Waals surface area contributed by atoms with Gasteiger partial charge in [0.05, 0.1) is 6.54 Å². The number of carbonyl (C=O) groups is 1. The van der Waals surface area contributed by atoms with Gasteiger partial charge in [-0.25, -0.2) is 9.98 Å². The molecule has 11 heteroatoms. The lowest BCUT2D eigenvalue weighted by molar-refractivity contribution is -0.139. The number of amides is 1. The fraction of sp³-hybridized carbons (Fsp3) is 0.632. The highest BCUT2D eigenvalue weighted by atomic mass is 127. The average molecular weight is 543 g/mol. The van der Waals surface area contributed by atoms with Crippen molar-refractivity contribution in [1.82, 2.24) is 20.5 Å². The zero-order valence-electron chi connectivity index (χ0n) is 17.3. The van der Waals surface area contributed by atoms with Crippen molar-refractivity contribution < 1.29 is 22.7 Å². The molecule has 1 unspecified atom stereocenters. The molecular weight excluding hydrogens is 514 g/mol. The summed E-state index contributed by atoms with van der Waals surface area (Å²) >= 11 is 0. The highest BCUT2D eigenvalue weighted by Gasteiger charge is 2.35. The Hall–Kier alpha value is -1.79. The van der Waals surface area contributed by atoms with Gasteiger partial charge < -0.3 is 20.3 Å². The van der Waals surface area contributed by atoms with E-state index in [9.17, 15) is 18.0 Å². The molecule has 1 saturated heterocycles. The molecule has 1 aliphatic rings. The number of nitrogens with zero attached hydrogens (tertiary/aromatic N) is 3. The summed E-state index contributed by atoms with van der Waals surface area (Å²) in [6.07, 6.45) is -2.46. The SMILES string of the molecule is CCNC(=NCCOc1ncccc1C(F)(F)F)NC1CCN(C(=O)C(C)C)C1.I. The van der Waals surface area contributed by atoms with Gasteiger partial charge in [-0.3, -0.25) is 4.79 Å². The van der Waals surface area contributed by atoms with Crippen LogP contribution in [0.5, 0.6) is 5.88 Å². The van der Waals surface area contributed by atoms with Crippen LogP contribution in [0.2, 0.25) is 0 Å². The van der Waals surface area contributed by atoms with Crippen LogP contribution in [0.4, 0.5) is 13.2 Å². The molecule has 0 bridgehead atoms. The number of pyridine rings is 1. The third kappa shape index (κ3) is 7.80. The minimum absolute atomic E-state index is 0. The van der Waals surface area contributed by atoms with Gasteiger partial charge in [-0.1, -0.05) is 13.8 Å².